The fourth-order valence-electron chi connectivity index (χ4n) is 3.97. The highest BCUT2D eigenvalue weighted by Gasteiger charge is 2.37. The van der Waals surface area contributed by atoms with Gasteiger partial charge in [-0.05, 0) is 60.4 Å². The lowest BCUT2D eigenvalue weighted by Gasteiger charge is -2.31. The molecule has 162 valence electrons. The normalized spacial score (nSPS) is 19.0. The number of likely N-dealkylation sites (tertiary alicyclic amines) is 1. The number of hydrogen-bond donors (Lipinski definition) is 0. The summed E-state index contributed by atoms with van der Waals surface area (Å²) in [4.78, 5) is 41.3. The molecule has 0 saturated carbocycles. The lowest BCUT2D eigenvalue weighted by Crippen LogP contribution is -2.45. The fraction of sp³-hybridized carbons (Fsp3) is 0.375. The van der Waals surface area contributed by atoms with Gasteiger partial charge in [0.15, 0.2) is 0 Å². The highest BCUT2D eigenvalue weighted by atomic mass is 32.2. The van der Waals surface area contributed by atoms with E-state index in [-0.39, 0.29) is 12.5 Å². The van der Waals surface area contributed by atoms with Crippen LogP contribution < -0.4 is 4.74 Å². The number of ether oxygens (including phenoxy) is 1. The second-order valence-electron chi connectivity index (χ2n) is 7.96. The molecule has 7 heteroatoms. The molecular weight excluding hydrogens is 412 g/mol. The van der Waals surface area contributed by atoms with Crippen molar-refractivity contribution in [3.63, 3.8) is 0 Å². The van der Waals surface area contributed by atoms with Crippen LogP contribution in [-0.2, 0) is 9.59 Å². The molecule has 2 fully saturated rings. The van der Waals surface area contributed by atoms with Gasteiger partial charge in [0.1, 0.15) is 12.3 Å². The Morgan fingerprint density at radius 1 is 1.16 bits per heavy atom. The molecule has 0 spiro atoms. The van der Waals surface area contributed by atoms with Crippen molar-refractivity contribution in [1.82, 2.24) is 9.80 Å². The molecule has 2 aromatic carbocycles. The molecule has 4 rings (SSSR count). The quantitative estimate of drug-likeness (QED) is 0.642. The van der Waals surface area contributed by atoms with E-state index in [0.717, 1.165) is 45.8 Å². The Bertz CT molecular complexity index is 1060. The second kappa shape index (κ2) is 9.14. The van der Waals surface area contributed by atoms with Gasteiger partial charge < -0.3 is 9.64 Å². The molecule has 2 aliphatic rings. The summed E-state index contributed by atoms with van der Waals surface area (Å²) in [7, 11) is 0. The Morgan fingerprint density at radius 3 is 2.65 bits per heavy atom. The van der Waals surface area contributed by atoms with Crippen LogP contribution in [0.2, 0.25) is 0 Å². The van der Waals surface area contributed by atoms with E-state index in [1.807, 2.05) is 43.3 Å². The number of rotatable bonds is 5. The van der Waals surface area contributed by atoms with E-state index in [0.29, 0.717) is 36.3 Å². The van der Waals surface area contributed by atoms with Crippen LogP contribution in [0.1, 0.15) is 32.3 Å². The van der Waals surface area contributed by atoms with Gasteiger partial charge in [0.05, 0.1) is 11.5 Å². The first kappa shape index (κ1) is 21.4. The van der Waals surface area contributed by atoms with E-state index < -0.39 is 11.1 Å². The van der Waals surface area contributed by atoms with E-state index >= 15 is 0 Å². The van der Waals surface area contributed by atoms with Crippen LogP contribution in [0.4, 0.5) is 4.79 Å². The number of hydrogen-bond acceptors (Lipinski definition) is 5. The summed E-state index contributed by atoms with van der Waals surface area (Å²) in [6, 6.07) is 11.7. The lowest BCUT2D eigenvalue weighted by molar-refractivity contribution is -0.136. The van der Waals surface area contributed by atoms with Crippen molar-refractivity contribution in [2.45, 2.75) is 26.7 Å². The van der Waals surface area contributed by atoms with Gasteiger partial charge in [0, 0.05) is 18.7 Å². The third-order valence-corrected chi connectivity index (χ3v) is 6.72. The van der Waals surface area contributed by atoms with E-state index in [4.69, 9.17) is 4.74 Å². The Morgan fingerprint density at radius 2 is 1.90 bits per heavy atom. The predicted octanol–water partition coefficient (Wildman–Crippen LogP) is 4.53. The molecule has 2 heterocycles. The maximum Gasteiger partial charge on any atom is 0.294 e. The molecule has 2 aliphatic heterocycles. The van der Waals surface area contributed by atoms with Crippen molar-refractivity contribution in [1.29, 1.82) is 0 Å². The Labute approximate surface area is 186 Å². The minimum absolute atomic E-state index is 0.171. The summed E-state index contributed by atoms with van der Waals surface area (Å²) in [6.07, 6.45) is 3.62. The molecule has 3 amide bonds. The number of benzene rings is 2. The topological polar surface area (TPSA) is 66.9 Å². The molecular formula is C24H26N2O4S. The van der Waals surface area contributed by atoms with E-state index in [1.54, 1.807) is 11.0 Å². The van der Waals surface area contributed by atoms with Crippen molar-refractivity contribution in [3.8, 4) is 5.75 Å². The highest BCUT2D eigenvalue weighted by Crippen LogP contribution is 2.37. The number of fused-ring (bicyclic) bond motifs is 1. The largest absolute Gasteiger partial charge is 0.493 e. The van der Waals surface area contributed by atoms with Gasteiger partial charge in [-0.2, -0.15) is 0 Å². The van der Waals surface area contributed by atoms with Crippen molar-refractivity contribution < 1.29 is 19.1 Å². The summed E-state index contributed by atoms with van der Waals surface area (Å²) >= 11 is 0.873. The molecule has 0 aromatic heterocycles. The smallest absolute Gasteiger partial charge is 0.294 e. The molecule has 6 nitrogen and oxygen atoms in total. The molecule has 0 radical (unpaired) electrons. The molecule has 0 N–H and O–H groups in total. The first-order valence-electron chi connectivity index (χ1n) is 10.7. The van der Waals surface area contributed by atoms with Gasteiger partial charge >= 0.3 is 0 Å². The number of nitrogens with zero attached hydrogens (tertiary/aromatic N) is 2. The number of carbonyl (C=O) groups excluding carboxylic acids is 3. The van der Waals surface area contributed by atoms with Crippen molar-refractivity contribution in [2.24, 2.45) is 5.92 Å². The number of thioether (sulfide) groups is 1. The van der Waals surface area contributed by atoms with Gasteiger partial charge in [-0.3, -0.25) is 19.3 Å². The second-order valence-corrected chi connectivity index (χ2v) is 8.96. The van der Waals surface area contributed by atoms with Crippen LogP contribution in [0.15, 0.2) is 41.3 Å². The predicted molar refractivity (Wildman–Crippen MR) is 123 cm³/mol. The summed E-state index contributed by atoms with van der Waals surface area (Å²) in [5.41, 5.74) is 0.766. The summed E-state index contributed by atoms with van der Waals surface area (Å²) < 4.78 is 5.77. The minimum atomic E-state index is -0.427. The standard InChI is InChI=1S/C24H26N2O4S/c1-3-30-20-9-8-17-6-4-5-7-18(17)19(20)14-21-23(28)26(24(29)31-21)15-22(27)25-12-10-16(2)11-13-25/h4-9,14,16H,3,10-13,15H2,1-2H3/b21-14+. The number of amides is 3. The molecule has 2 aromatic rings. The average molecular weight is 439 g/mol. The Hall–Kier alpha value is -2.80. The molecule has 2 saturated heterocycles. The zero-order valence-electron chi connectivity index (χ0n) is 17.8. The van der Waals surface area contributed by atoms with Gasteiger partial charge in [-0.15, -0.1) is 0 Å². The summed E-state index contributed by atoms with van der Waals surface area (Å²) in [5, 5.41) is 1.55. The SMILES string of the molecule is CCOc1ccc2ccccc2c1/C=C1/SC(=O)N(CC(=O)N2CCC(C)CC2)C1=O. The monoisotopic (exact) mass is 438 g/mol. The molecule has 0 aliphatic carbocycles. The van der Waals surface area contributed by atoms with Crippen molar-refractivity contribution in [2.75, 3.05) is 26.2 Å². The average Bonchev–Trinajstić information content (AvgIpc) is 3.03. The molecule has 0 bridgehead atoms. The van der Waals surface area contributed by atoms with Gasteiger partial charge in [0.25, 0.3) is 11.1 Å². The molecule has 31 heavy (non-hydrogen) atoms. The first-order chi connectivity index (χ1) is 15.0. The van der Waals surface area contributed by atoms with Crippen LogP contribution in [-0.4, -0.2) is 53.1 Å². The van der Waals surface area contributed by atoms with Crippen molar-refractivity contribution in [3.05, 3.63) is 46.9 Å². The Kier molecular flexibility index (Phi) is 6.32. The summed E-state index contributed by atoms with van der Waals surface area (Å²) in [6.45, 7) is 5.72. The maximum absolute atomic E-state index is 13.0. The van der Waals surface area contributed by atoms with E-state index in [1.165, 1.54) is 0 Å². The zero-order valence-corrected chi connectivity index (χ0v) is 18.6. The summed E-state index contributed by atoms with van der Waals surface area (Å²) in [5.74, 6) is 0.663. The third kappa shape index (κ3) is 4.46. The van der Waals surface area contributed by atoms with Crippen LogP contribution in [0.5, 0.6) is 5.75 Å². The number of carbonyl (C=O) groups is 3. The van der Waals surface area contributed by atoms with E-state index in [2.05, 4.69) is 6.92 Å². The van der Waals surface area contributed by atoms with Crippen LogP contribution >= 0.6 is 11.8 Å². The van der Waals surface area contributed by atoms with Crippen molar-refractivity contribution >= 4 is 45.7 Å². The lowest BCUT2D eigenvalue weighted by atomic mass is 9.99. The van der Waals surface area contributed by atoms with Gasteiger partial charge in [0.2, 0.25) is 5.91 Å². The molecule has 0 unspecified atom stereocenters. The zero-order chi connectivity index (χ0) is 22.0. The van der Waals surface area contributed by atoms with Gasteiger partial charge in [-0.25, -0.2) is 0 Å². The molecule has 0 atom stereocenters. The van der Waals surface area contributed by atoms with Crippen LogP contribution in [0.25, 0.3) is 16.8 Å². The van der Waals surface area contributed by atoms with Crippen LogP contribution in [0.3, 0.4) is 0 Å². The fourth-order valence-corrected chi connectivity index (χ4v) is 4.79. The van der Waals surface area contributed by atoms with Gasteiger partial charge in [-0.1, -0.05) is 37.3 Å². The Balaban J connectivity index is 1.59. The number of imide groups is 1. The number of piperidine rings is 1. The maximum atomic E-state index is 13.0. The van der Waals surface area contributed by atoms with Crippen LogP contribution in [0, 0.1) is 5.92 Å². The van der Waals surface area contributed by atoms with E-state index in [9.17, 15) is 14.4 Å². The first-order valence-corrected chi connectivity index (χ1v) is 11.5. The highest BCUT2D eigenvalue weighted by molar-refractivity contribution is 8.18. The minimum Gasteiger partial charge on any atom is -0.493 e. The third-order valence-electron chi connectivity index (χ3n) is 5.81.